The van der Waals surface area contributed by atoms with Crippen LogP contribution < -0.4 is 5.32 Å². The molecule has 12 heteroatoms. The Morgan fingerprint density at radius 3 is 2.94 bits per heavy atom. The molecule has 5 rings (SSSR count). The normalized spacial score (nSPS) is 45.7. The summed E-state index contributed by atoms with van der Waals surface area (Å²) in [7, 11) is 0. The van der Waals surface area contributed by atoms with E-state index >= 15 is 0 Å². The molecule has 4 N–H and O–H groups in total. The molecule has 0 bridgehead atoms. The van der Waals surface area contributed by atoms with Gasteiger partial charge >= 0.3 is 0 Å². The maximum absolute atomic E-state index is 14.4. The Hall–Kier alpha value is -2.38. The number of aromatic nitrogens is 5. The van der Waals surface area contributed by atoms with E-state index in [1.165, 1.54) is 12.1 Å². The van der Waals surface area contributed by atoms with Crippen molar-refractivity contribution in [3.8, 4) is 0 Å². The number of ether oxygens (including phenoxy) is 1. The third-order valence-corrected chi connectivity index (χ3v) is 6.08. The molecular weight excluding hydrogens is 487 g/mol. The summed E-state index contributed by atoms with van der Waals surface area (Å²) in [6.07, 6.45) is -18.8. The van der Waals surface area contributed by atoms with Crippen molar-refractivity contribution in [1.82, 2.24) is 25.0 Å². The van der Waals surface area contributed by atoms with Gasteiger partial charge in [-0.1, -0.05) is 36.0 Å². The van der Waals surface area contributed by atoms with Crippen LogP contribution in [0.1, 0.15) is 66.9 Å². The highest BCUT2D eigenvalue weighted by atomic mass is 32.2. The van der Waals surface area contributed by atoms with Crippen molar-refractivity contribution in [3.63, 3.8) is 0 Å². The average Bonchev–Trinajstić information content (AvgIpc) is 3.40. The maximum atomic E-state index is 14.4. The summed E-state index contributed by atoms with van der Waals surface area (Å²) >= 11 is 0.134. The zero-order valence-electron chi connectivity index (χ0n) is 32.0. The van der Waals surface area contributed by atoms with E-state index in [9.17, 15) is 19.7 Å². The SMILES string of the molecule is [2H]C([2H])(CO)O[C@@]1([2H])C([2H])([2H])[C@@]([2H])(n2nnc3c(N[C@@H]4C[C@@]4([2H])c4ccc(C)c(F)c4)nc(SC([2H])([2H])C([2H])([2H])C)nc32)[C@]([2H])(O)[C@]1([2H])O. The number of anilines is 1. The molecule has 2 saturated carbocycles. The lowest BCUT2D eigenvalue weighted by atomic mass is 10.1. The molecule has 0 aliphatic heterocycles. The number of rotatable bonds is 10. The predicted molar refractivity (Wildman–Crippen MR) is 133 cm³/mol. The fourth-order valence-corrected chi connectivity index (χ4v) is 4.00. The van der Waals surface area contributed by atoms with Crippen LogP contribution in [0, 0.1) is 12.7 Å². The Balaban J connectivity index is 1.70. The van der Waals surface area contributed by atoms with Crippen LogP contribution in [0.2, 0.25) is 0 Å². The van der Waals surface area contributed by atoms with E-state index in [1.807, 2.05) is 0 Å². The molecule has 36 heavy (non-hydrogen) atoms. The molecule has 0 saturated heterocycles. The van der Waals surface area contributed by atoms with Crippen LogP contribution in [0.25, 0.3) is 11.2 Å². The first-order valence-corrected chi connectivity index (χ1v) is 11.5. The molecule has 194 valence electrons. The van der Waals surface area contributed by atoms with Crippen molar-refractivity contribution in [2.45, 2.75) is 74.4 Å². The van der Waals surface area contributed by atoms with Crippen molar-refractivity contribution < 1.29 is 42.3 Å². The highest BCUT2D eigenvalue weighted by Crippen LogP contribution is 2.44. The van der Waals surface area contributed by atoms with E-state index in [4.69, 9.17) is 17.8 Å². The molecule has 0 radical (unpaired) electrons. The molecule has 10 nitrogen and oxygen atoms in total. The Kier molecular flexibility index (Phi) is 4.09. The van der Waals surface area contributed by atoms with Gasteiger partial charge in [0.05, 0.1) is 33.5 Å². The van der Waals surface area contributed by atoms with Gasteiger partial charge < -0.3 is 25.4 Å². The molecule has 3 aromatic rings. The lowest BCUT2D eigenvalue weighted by Crippen LogP contribution is -2.33. The van der Waals surface area contributed by atoms with E-state index in [0.717, 1.165) is 6.92 Å². The highest BCUT2D eigenvalue weighted by Gasteiger charge is 2.45. The summed E-state index contributed by atoms with van der Waals surface area (Å²) in [6.45, 7) is -2.39. The standard InChI is InChI=1S/C24H31FN6O4S/c1-3-8-36-24-27-22(26-16-10-14(16)13-5-4-12(2)15(25)9-13)19-23(28-24)31(30-29-19)17-11-18(35-7-6-32)21(34)20(17)33/h4-5,9,14,16-18,20-21,32-34H,3,6-8,10-11H2,1-2H3,(H,26,27,28)/t14-,16+,17+,18-,20-,21+/m0/s1/i3D2,7D2,8D2,11D2,14D,17D,18D,20D,21D. The van der Waals surface area contributed by atoms with Gasteiger partial charge in [-0.15, -0.1) is 5.10 Å². The van der Waals surface area contributed by atoms with Crippen LogP contribution in [0.4, 0.5) is 10.2 Å². The van der Waals surface area contributed by atoms with Gasteiger partial charge in [-0.2, -0.15) is 0 Å². The molecule has 2 aromatic heterocycles. The maximum Gasteiger partial charge on any atom is 0.191 e. The van der Waals surface area contributed by atoms with Gasteiger partial charge in [-0.25, -0.2) is 19.0 Å². The van der Waals surface area contributed by atoms with Gasteiger partial charge in [-0.3, -0.25) is 0 Å². The third-order valence-electron chi connectivity index (χ3n) is 5.41. The first kappa shape index (κ1) is 14.0. The van der Waals surface area contributed by atoms with Gasteiger partial charge in [0.1, 0.15) is 18.0 Å². The van der Waals surface area contributed by atoms with Gasteiger partial charge in [-0.05, 0) is 36.9 Å². The third kappa shape index (κ3) is 4.92. The predicted octanol–water partition coefficient (Wildman–Crippen LogP) is 2.18. The monoisotopic (exact) mass is 531 g/mol. The van der Waals surface area contributed by atoms with E-state index < -0.39 is 89.9 Å². The molecular formula is C24H31FN6O4S. The highest BCUT2D eigenvalue weighted by molar-refractivity contribution is 7.99. The first-order valence-electron chi connectivity index (χ1n) is 17.2. The lowest BCUT2D eigenvalue weighted by Gasteiger charge is -2.17. The minimum atomic E-state index is -4.18. The molecule has 2 fully saturated rings. The van der Waals surface area contributed by atoms with E-state index in [0.29, 0.717) is 11.1 Å². The fraction of sp³-hybridized carbons (Fsp3) is 0.583. The van der Waals surface area contributed by atoms with Crippen molar-refractivity contribution in [2.75, 3.05) is 24.2 Å². The molecule has 0 amide bonds. The molecule has 0 unspecified atom stereocenters. The van der Waals surface area contributed by atoms with Crippen molar-refractivity contribution in [3.05, 3.63) is 35.1 Å². The number of benzene rings is 1. The largest absolute Gasteiger partial charge is 0.394 e. The second kappa shape index (κ2) is 10.5. The molecule has 2 aliphatic rings. The van der Waals surface area contributed by atoms with E-state index in [-0.39, 0.29) is 28.7 Å². The van der Waals surface area contributed by atoms with Gasteiger partial charge in [0, 0.05) is 33.6 Å². The Labute approximate surface area is 230 Å². The molecule has 6 atom stereocenters. The molecule has 2 aliphatic carbocycles. The first-order chi connectivity index (χ1) is 22.0. The number of hydrogen-bond donors (Lipinski definition) is 4. The average molecular weight is 532 g/mol. The lowest BCUT2D eigenvalue weighted by molar-refractivity contribution is -0.0629. The fourth-order valence-electron chi connectivity index (χ4n) is 3.54. The Morgan fingerprint density at radius 1 is 1.36 bits per heavy atom. The van der Waals surface area contributed by atoms with Crippen molar-refractivity contribution >= 4 is 28.7 Å². The quantitative estimate of drug-likeness (QED) is 0.227. The van der Waals surface area contributed by atoms with Crippen LogP contribution >= 0.6 is 11.8 Å². The van der Waals surface area contributed by atoms with Crippen LogP contribution in [0.3, 0.4) is 0 Å². The van der Waals surface area contributed by atoms with E-state index in [1.54, 1.807) is 13.0 Å². The smallest absolute Gasteiger partial charge is 0.191 e. The van der Waals surface area contributed by atoms with Crippen LogP contribution in [-0.2, 0) is 4.74 Å². The summed E-state index contributed by atoms with van der Waals surface area (Å²) in [4.78, 5) is 8.25. The minimum absolute atomic E-state index is 0.0881. The second-order valence-electron chi connectivity index (χ2n) is 7.78. The number of nitrogens with one attached hydrogen (secondary N) is 1. The van der Waals surface area contributed by atoms with E-state index in [2.05, 4.69) is 30.3 Å². The Morgan fingerprint density at radius 2 is 2.19 bits per heavy atom. The topological polar surface area (TPSA) is 138 Å². The number of aryl methyl sites for hydroxylation is 1. The summed E-state index contributed by atoms with van der Waals surface area (Å²) in [6, 6.07) is -0.430. The van der Waals surface area contributed by atoms with Gasteiger partial charge in [0.25, 0.3) is 0 Å². The van der Waals surface area contributed by atoms with Crippen molar-refractivity contribution in [2.24, 2.45) is 0 Å². The van der Waals surface area contributed by atoms with Gasteiger partial charge in [0.2, 0.25) is 0 Å². The number of nitrogens with zero attached hydrogens (tertiary/aromatic N) is 5. The number of aliphatic hydroxyl groups excluding tert-OH is 1. The summed E-state index contributed by atoms with van der Waals surface area (Å²) in [5.41, 5.74) is -3.32. The number of hydrogen-bond acceptors (Lipinski definition) is 10. The Bertz CT molecular complexity index is 1820. The van der Waals surface area contributed by atoms with Crippen LogP contribution in [0.15, 0.2) is 23.4 Å². The minimum Gasteiger partial charge on any atom is -0.394 e. The summed E-state index contributed by atoms with van der Waals surface area (Å²) in [5.74, 6) is -2.30. The number of aliphatic hydroxyl groups is 3. The second-order valence-corrected chi connectivity index (χ2v) is 8.55. The van der Waals surface area contributed by atoms with Crippen molar-refractivity contribution in [1.29, 1.82) is 0 Å². The zero-order valence-corrected chi connectivity index (χ0v) is 19.8. The van der Waals surface area contributed by atoms with Crippen LogP contribution in [0.5, 0.6) is 0 Å². The molecule has 0 spiro atoms. The summed E-state index contributed by atoms with van der Waals surface area (Å²) in [5, 5.41) is 41.4. The molecule has 1 aromatic carbocycles. The van der Waals surface area contributed by atoms with Crippen LogP contribution in [-0.4, -0.2) is 83.4 Å². The number of halogens is 1. The summed E-state index contributed by atoms with van der Waals surface area (Å²) < 4.78 is 128. The zero-order chi connectivity index (χ0) is 37.2. The van der Waals surface area contributed by atoms with Gasteiger partial charge in [0.15, 0.2) is 22.1 Å². The molecule has 2 heterocycles. The number of fused-ring (bicyclic) bond motifs is 1. The number of thioether (sulfide) groups is 1.